The van der Waals surface area contributed by atoms with Gasteiger partial charge >= 0.3 is 0 Å². The molecular formula is C17H25N3OS. The van der Waals surface area contributed by atoms with E-state index in [2.05, 4.69) is 44.4 Å². The molecule has 0 N–H and O–H groups in total. The lowest BCUT2D eigenvalue weighted by Gasteiger charge is -2.46. The molecule has 1 heterocycles. The van der Waals surface area contributed by atoms with Crippen LogP contribution in [0.4, 0.5) is 5.69 Å². The molecule has 1 aliphatic heterocycles. The van der Waals surface area contributed by atoms with Gasteiger partial charge < -0.3 is 9.80 Å². The second kappa shape index (κ2) is 6.73. The number of nitrogens with zero attached hydrogens (tertiary/aromatic N) is 3. The maximum atomic E-state index is 11.8. The first-order valence-corrected chi connectivity index (χ1v) is 8.60. The summed E-state index contributed by atoms with van der Waals surface area (Å²) in [5, 5.41) is 0.951. The van der Waals surface area contributed by atoms with Gasteiger partial charge in [-0.15, -0.1) is 0 Å². The molecule has 1 aromatic rings. The Hall–Kier alpha value is -1.49. The van der Waals surface area contributed by atoms with Gasteiger partial charge in [-0.1, -0.05) is 30.0 Å². The average Bonchev–Trinajstić information content (AvgIpc) is 2.45. The van der Waals surface area contributed by atoms with Gasteiger partial charge in [-0.25, -0.2) is 0 Å². The summed E-state index contributed by atoms with van der Waals surface area (Å²) in [6.45, 7) is 10.4. The standard InChI is InChI=1S/C17H25N3OS/c1-13(2)20-15(11-21)19(14-9-7-6-8-10-14)12-22-16(20)18-17(3,4)5/h6-11,13,15H,12H2,1-5H3. The molecule has 0 spiro atoms. The van der Waals surface area contributed by atoms with Crippen LogP contribution in [0.3, 0.4) is 0 Å². The maximum absolute atomic E-state index is 11.8. The minimum atomic E-state index is -0.315. The Morgan fingerprint density at radius 1 is 1.27 bits per heavy atom. The lowest BCUT2D eigenvalue weighted by Crippen LogP contribution is -2.58. The van der Waals surface area contributed by atoms with Crippen molar-refractivity contribution in [1.82, 2.24) is 4.90 Å². The molecule has 1 atom stereocenters. The largest absolute Gasteiger partial charge is 0.335 e. The Morgan fingerprint density at radius 2 is 1.91 bits per heavy atom. The zero-order chi connectivity index (χ0) is 16.3. The SMILES string of the molecule is CC(C)N1C(=NC(C)(C)C)SCN(c2ccccc2)C1C=O. The highest BCUT2D eigenvalue weighted by Crippen LogP contribution is 2.31. The predicted octanol–water partition coefficient (Wildman–Crippen LogP) is 3.59. The molecule has 5 heteroatoms. The number of para-hydroxylation sites is 1. The lowest BCUT2D eigenvalue weighted by molar-refractivity contribution is -0.111. The van der Waals surface area contributed by atoms with Gasteiger partial charge in [0.25, 0.3) is 0 Å². The molecule has 0 bridgehead atoms. The Kier molecular flexibility index (Phi) is 5.16. The molecule has 0 aromatic heterocycles. The van der Waals surface area contributed by atoms with Gasteiger partial charge in [0.15, 0.2) is 17.6 Å². The number of aldehydes is 1. The summed E-state index contributed by atoms with van der Waals surface area (Å²) in [5.41, 5.74) is 0.908. The van der Waals surface area contributed by atoms with E-state index in [-0.39, 0.29) is 17.7 Å². The fourth-order valence-electron chi connectivity index (χ4n) is 2.43. The van der Waals surface area contributed by atoms with Gasteiger partial charge in [0, 0.05) is 11.7 Å². The number of carbonyl (C=O) groups excluding carboxylic acids is 1. The van der Waals surface area contributed by atoms with E-state index in [1.165, 1.54) is 0 Å². The molecule has 1 fully saturated rings. The quantitative estimate of drug-likeness (QED) is 0.798. The van der Waals surface area contributed by atoms with Crippen LogP contribution < -0.4 is 4.90 Å². The topological polar surface area (TPSA) is 35.9 Å². The molecule has 0 radical (unpaired) electrons. The lowest BCUT2D eigenvalue weighted by atomic mass is 10.1. The van der Waals surface area contributed by atoms with Crippen LogP contribution in [0.2, 0.25) is 0 Å². The van der Waals surface area contributed by atoms with Gasteiger partial charge in [-0.3, -0.25) is 9.79 Å². The van der Waals surface area contributed by atoms with Crippen LogP contribution in [0.15, 0.2) is 35.3 Å². The summed E-state index contributed by atoms with van der Waals surface area (Å²) < 4.78 is 0. The third-order valence-electron chi connectivity index (χ3n) is 3.35. The van der Waals surface area contributed by atoms with E-state index < -0.39 is 0 Å². The highest BCUT2D eigenvalue weighted by molar-refractivity contribution is 8.13. The summed E-state index contributed by atoms with van der Waals surface area (Å²) >= 11 is 1.69. The molecule has 120 valence electrons. The third-order valence-corrected chi connectivity index (χ3v) is 4.32. The number of aliphatic imine (C=N–C) groups is 1. The summed E-state index contributed by atoms with van der Waals surface area (Å²) in [6, 6.07) is 10.3. The van der Waals surface area contributed by atoms with E-state index in [9.17, 15) is 4.79 Å². The Bertz CT molecular complexity index is 537. The van der Waals surface area contributed by atoms with Crippen LogP contribution in [0.1, 0.15) is 34.6 Å². The Labute approximate surface area is 137 Å². The fraction of sp³-hybridized carbons (Fsp3) is 0.529. The number of rotatable bonds is 3. The van der Waals surface area contributed by atoms with Crippen molar-refractivity contribution in [3.63, 3.8) is 0 Å². The zero-order valence-electron chi connectivity index (χ0n) is 14.0. The van der Waals surface area contributed by atoms with Crippen molar-refractivity contribution in [3.8, 4) is 0 Å². The fourth-order valence-corrected chi connectivity index (χ4v) is 3.79. The van der Waals surface area contributed by atoms with E-state index in [0.717, 1.165) is 23.0 Å². The Morgan fingerprint density at radius 3 is 2.41 bits per heavy atom. The van der Waals surface area contributed by atoms with Crippen LogP contribution in [0.5, 0.6) is 0 Å². The van der Waals surface area contributed by atoms with E-state index in [4.69, 9.17) is 4.99 Å². The molecule has 1 aliphatic rings. The predicted molar refractivity (Wildman–Crippen MR) is 95.4 cm³/mol. The van der Waals surface area contributed by atoms with Crippen molar-refractivity contribution < 1.29 is 4.79 Å². The van der Waals surface area contributed by atoms with E-state index in [0.29, 0.717) is 0 Å². The molecule has 4 nitrogen and oxygen atoms in total. The molecule has 0 aliphatic carbocycles. The van der Waals surface area contributed by atoms with Crippen LogP contribution in [-0.2, 0) is 4.79 Å². The number of benzene rings is 1. The van der Waals surface area contributed by atoms with Crippen molar-refractivity contribution in [1.29, 1.82) is 0 Å². The normalized spacial score (nSPS) is 21.5. The average molecular weight is 319 g/mol. The first-order valence-electron chi connectivity index (χ1n) is 7.61. The number of hydrogen-bond acceptors (Lipinski definition) is 4. The molecule has 0 amide bonds. The van der Waals surface area contributed by atoms with E-state index >= 15 is 0 Å². The van der Waals surface area contributed by atoms with Crippen molar-refractivity contribution >= 4 is 28.9 Å². The summed E-state index contributed by atoms with van der Waals surface area (Å²) in [4.78, 5) is 20.9. The van der Waals surface area contributed by atoms with Crippen LogP contribution in [0.25, 0.3) is 0 Å². The number of carbonyl (C=O) groups is 1. The summed E-state index contributed by atoms with van der Waals surface area (Å²) in [5.74, 6) is 0.728. The monoisotopic (exact) mass is 319 g/mol. The van der Waals surface area contributed by atoms with E-state index in [1.807, 2.05) is 30.3 Å². The zero-order valence-corrected chi connectivity index (χ0v) is 14.8. The molecule has 1 saturated heterocycles. The van der Waals surface area contributed by atoms with E-state index in [1.54, 1.807) is 11.8 Å². The van der Waals surface area contributed by atoms with Crippen LogP contribution >= 0.6 is 11.8 Å². The minimum absolute atomic E-state index is 0.155. The smallest absolute Gasteiger partial charge is 0.163 e. The summed E-state index contributed by atoms with van der Waals surface area (Å²) in [7, 11) is 0. The molecule has 2 rings (SSSR count). The number of anilines is 1. The van der Waals surface area contributed by atoms with Crippen LogP contribution in [-0.4, -0.2) is 40.0 Å². The second-order valence-electron chi connectivity index (χ2n) is 6.69. The van der Waals surface area contributed by atoms with Gasteiger partial charge in [-0.2, -0.15) is 0 Å². The maximum Gasteiger partial charge on any atom is 0.163 e. The van der Waals surface area contributed by atoms with Gasteiger partial charge in [-0.05, 0) is 46.8 Å². The van der Waals surface area contributed by atoms with Crippen LogP contribution in [0, 0.1) is 0 Å². The molecule has 0 saturated carbocycles. The molecular weight excluding hydrogens is 294 g/mol. The third kappa shape index (κ3) is 3.83. The first kappa shape index (κ1) is 16.9. The number of amidine groups is 1. The van der Waals surface area contributed by atoms with Crippen molar-refractivity contribution in [3.05, 3.63) is 30.3 Å². The molecule has 1 unspecified atom stereocenters. The van der Waals surface area contributed by atoms with Gasteiger partial charge in [0.05, 0.1) is 11.4 Å². The summed E-state index contributed by atoms with van der Waals surface area (Å²) in [6.07, 6.45) is 0.704. The molecule has 1 aromatic carbocycles. The van der Waals surface area contributed by atoms with Gasteiger partial charge in [0.1, 0.15) is 0 Å². The number of hydrogen-bond donors (Lipinski definition) is 0. The Balaban J connectivity index is 2.38. The first-order chi connectivity index (χ1) is 10.3. The highest BCUT2D eigenvalue weighted by atomic mass is 32.2. The highest BCUT2D eigenvalue weighted by Gasteiger charge is 2.35. The van der Waals surface area contributed by atoms with Crippen molar-refractivity contribution in [2.24, 2.45) is 4.99 Å². The second-order valence-corrected chi connectivity index (χ2v) is 7.61. The van der Waals surface area contributed by atoms with Gasteiger partial charge in [0.2, 0.25) is 0 Å². The molecule has 22 heavy (non-hydrogen) atoms. The van der Waals surface area contributed by atoms with Crippen molar-refractivity contribution in [2.75, 3.05) is 10.8 Å². The van der Waals surface area contributed by atoms with Crippen molar-refractivity contribution in [2.45, 2.75) is 52.4 Å². The minimum Gasteiger partial charge on any atom is -0.335 e. The number of thioether (sulfide) groups is 1.